The van der Waals surface area contributed by atoms with Gasteiger partial charge in [-0.1, -0.05) is 19.9 Å². The predicted octanol–water partition coefficient (Wildman–Crippen LogP) is 1.69. The lowest BCUT2D eigenvalue weighted by Gasteiger charge is -2.15. The molecule has 0 radical (unpaired) electrons. The number of carbonyl (C=O) groups is 2. The van der Waals surface area contributed by atoms with Crippen LogP contribution < -0.4 is 16.4 Å². The molecule has 0 aliphatic rings. The van der Waals surface area contributed by atoms with Gasteiger partial charge in [-0.05, 0) is 31.0 Å². The minimum atomic E-state index is -0.630. The molecule has 7 nitrogen and oxygen atoms in total. The number of rotatable bonds is 6. The number of carbonyl (C=O) groups excluding carboxylic acids is 2. The third-order valence-electron chi connectivity index (χ3n) is 3.46. The van der Waals surface area contributed by atoms with Gasteiger partial charge in [-0.3, -0.25) is 9.59 Å². The summed E-state index contributed by atoms with van der Waals surface area (Å²) in [6, 6.07) is 6.50. The maximum absolute atomic E-state index is 12.0. The second-order valence-corrected chi connectivity index (χ2v) is 5.89. The number of nitrogens with two attached hydrogens (primary N) is 1. The summed E-state index contributed by atoms with van der Waals surface area (Å²) in [5.74, 6) is 0.529. The molecule has 0 aliphatic heterocycles. The average molecular weight is 330 g/mol. The molecule has 0 unspecified atom stereocenters. The first kappa shape index (κ1) is 17.7. The molecule has 1 atom stereocenters. The molecule has 1 heterocycles. The zero-order valence-electron chi connectivity index (χ0n) is 14.0. The Balaban J connectivity index is 1.94. The van der Waals surface area contributed by atoms with Crippen LogP contribution in [0.3, 0.4) is 0 Å². The van der Waals surface area contributed by atoms with Crippen LogP contribution in [0.15, 0.2) is 34.9 Å². The molecule has 1 aromatic heterocycles. The van der Waals surface area contributed by atoms with Crippen LogP contribution >= 0.6 is 0 Å². The number of nitrogens with zero attached hydrogens (tertiary/aromatic N) is 1. The fourth-order valence-electron chi connectivity index (χ4n) is 2.01. The Kier molecular flexibility index (Phi) is 5.70. The minimum Gasteiger partial charge on any atom is -0.441 e. The highest BCUT2D eigenvalue weighted by molar-refractivity contribution is 5.95. The van der Waals surface area contributed by atoms with E-state index in [1.807, 2.05) is 26.8 Å². The zero-order chi connectivity index (χ0) is 17.7. The SMILES string of the molecule is Cc1cnc(-c2cccc(NC(=O)CNC(=O)[C@@H](N)C(C)C)c2)o1. The average Bonchev–Trinajstić information content (AvgIpc) is 2.98. The van der Waals surface area contributed by atoms with Crippen molar-refractivity contribution in [1.29, 1.82) is 0 Å². The number of nitrogens with one attached hydrogen (secondary N) is 2. The summed E-state index contributed by atoms with van der Waals surface area (Å²) >= 11 is 0. The molecule has 1 aromatic carbocycles. The second kappa shape index (κ2) is 7.74. The van der Waals surface area contributed by atoms with Crippen LogP contribution in [0.4, 0.5) is 5.69 Å². The van der Waals surface area contributed by atoms with Crippen molar-refractivity contribution in [1.82, 2.24) is 10.3 Å². The molecule has 0 spiro atoms. The highest BCUT2D eigenvalue weighted by Gasteiger charge is 2.17. The van der Waals surface area contributed by atoms with Gasteiger partial charge in [-0.25, -0.2) is 4.98 Å². The van der Waals surface area contributed by atoms with Crippen LogP contribution in [0.1, 0.15) is 19.6 Å². The van der Waals surface area contributed by atoms with Crippen molar-refractivity contribution in [2.75, 3.05) is 11.9 Å². The first-order valence-electron chi connectivity index (χ1n) is 7.73. The summed E-state index contributed by atoms with van der Waals surface area (Å²) in [6.45, 7) is 5.37. The van der Waals surface area contributed by atoms with Crippen molar-refractivity contribution in [3.8, 4) is 11.5 Å². The summed E-state index contributed by atoms with van der Waals surface area (Å²) in [5.41, 5.74) is 7.07. The van der Waals surface area contributed by atoms with E-state index in [4.69, 9.17) is 10.2 Å². The quantitative estimate of drug-likeness (QED) is 0.746. The van der Waals surface area contributed by atoms with E-state index >= 15 is 0 Å². The van der Waals surface area contributed by atoms with Gasteiger partial charge in [-0.2, -0.15) is 0 Å². The molecule has 0 aliphatic carbocycles. The standard InChI is InChI=1S/C17H22N4O3/c1-10(2)15(18)16(23)19-9-14(22)21-13-6-4-5-12(7-13)17-20-8-11(3)24-17/h4-8,10,15H,9,18H2,1-3H3,(H,19,23)(H,21,22)/t15-/m0/s1. The Morgan fingerprint density at radius 2 is 2.08 bits per heavy atom. The van der Waals surface area contributed by atoms with Gasteiger partial charge in [-0.15, -0.1) is 0 Å². The van der Waals surface area contributed by atoms with Gasteiger partial charge in [0.1, 0.15) is 5.76 Å². The number of aromatic nitrogens is 1. The smallest absolute Gasteiger partial charge is 0.243 e. The van der Waals surface area contributed by atoms with Crippen LogP contribution in [-0.2, 0) is 9.59 Å². The molecule has 7 heteroatoms. The van der Waals surface area contributed by atoms with Crippen LogP contribution in [0, 0.1) is 12.8 Å². The zero-order valence-corrected chi connectivity index (χ0v) is 14.0. The number of benzene rings is 1. The summed E-state index contributed by atoms with van der Waals surface area (Å²) in [5, 5.41) is 5.25. The van der Waals surface area contributed by atoms with Gasteiger partial charge in [0.2, 0.25) is 17.7 Å². The topological polar surface area (TPSA) is 110 Å². The summed E-state index contributed by atoms with van der Waals surface area (Å²) < 4.78 is 5.46. The van der Waals surface area contributed by atoms with Crippen molar-refractivity contribution in [2.24, 2.45) is 11.7 Å². The van der Waals surface area contributed by atoms with Crippen molar-refractivity contribution in [3.63, 3.8) is 0 Å². The largest absolute Gasteiger partial charge is 0.441 e. The fraction of sp³-hybridized carbons (Fsp3) is 0.353. The van der Waals surface area contributed by atoms with E-state index in [0.717, 1.165) is 5.56 Å². The number of anilines is 1. The molecule has 0 saturated carbocycles. The molecular formula is C17H22N4O3. The summed E-state index contributed by atoms with van der Waals surface area (Å²) in [4.78, 5) is 27.9. The predicted molar refractivity (Wildman–Crippen MR) is 91.1 cm³/mol. The van der Waals surface area contributed by atoms with Crippen LogP contribution in [-0.4, -0.2) is 29.4 Å². The van der Waals surface area contributed by atoms with Gasteiger partial charge in [0.15, 0.2) is 0 Å². The Hall–Kier alpha value is -2.67. The van der Waals surface area contributed by atoms with Crippen molar-refractivity contribution in [3.05, 3.63) is 36.2 Å². The van der Waals surface area contributed by atoms with E-state index in [0.29, 0.717) is 17.3 Å². The molecule has 0 saturated heterocycles. The van der Waals surface area contributed by atoms with Gasteiger partial charge in [0.05, 0.1) is 18.8 Å². The Labute approximate surface area is 140 Å². The molecule has 2 rings (SSSR count). The molecule has 24 heavy (non-hydrogen) atoms. The van der Waals surface area contributed by atoms with E-state index in [1.165, 1.54) is 0 Å². The normalized spacial score (nSPS) is 12.0. The van der Waals surface area contributed by atoms with Crippen molar-refractivity contribution >= 4 is 17.5 Å². The molecule has 128 valence electrons. The van der Waals surface area contributed by atoms with E-state index in [1.54, 1.807) is 24.4 Å². The first-order chi connectivity index (χ1) is 11.4. The van der Waals surface area contributed by atoms with Crippen LogP contribution in [0.25, 0.3) is 11.5 Å². The maximum Gasteiger partial charge on any atom is 0.243 e. The highest BCUT2D eigenvalue weighted by Crippen LogP contribution is 2.22. The molecular weight excluding hydrogens is 308 g/mol. The second-order valence-electron chi connectivity index (χ2n) is 5.89. The van der Waals surface area contributed by atoms with Gasteiger partial charge < -0.3 is 20.8 Å². The summed E-state index contributed by atoms with van der Waals surface area (Å²) in [6.07, 6.45) is 1.63. The number of hydrogen-bond donors (Lipinski definition) is 3. The van der Waals surface area contributed by atoms with Crippen molar-refractivity contribution in [2.45, 2.75) is 26.8 Å². The molecule has 0 fully saturated rings. The Morgan fingerprint density at radius 3 is 2.71 bits per heavy atom. The number of amides is 2. The third-order valence-corrected chi connectivity index (χ3v) is 3.46. The number of oxazole rings is 1. The lowest BCUT2D eigenvalue weighted by molar-refractivity contribution is -0.125. The van der Waals surface area contributed by atoms with E-state index in [9.17, 15) is 9.59 Å². The first-order valence-corrected chi connectivity index (χ1v) is 7.73. The molecule has 2 aromatic rings. The van der Waals surface area contributed by atoms with Crippen molar-refractivity contribution < 1.29 is 14.0 Å². The lowest BCUT2D eigenvalue weighted by atomic mass is 10.1. The Morgan fingerprint density at radius 1 is 1.33 bits per heavy atom. The van der Waals surface area contributed by atoms with Gasteiger partial charge in [0, 0.05) is 11.3 Å². The van der Waals surface area contributed by atoms with Gasteiger partial charge in [0.25, 0.3) is 0 Å². The monoisotopic (exact) mass is 330 g/mol. The minimum absolute atomic E-state index is 0.00833. The number of hydrogen-bond acceptors (Lipinski definition) is 5. The molecule has 4 N–H and O–H groups in total. The highest BCUT2D eigenvalue weighted by atomic mass is 16.4. The van der Waals surface area contributed by atoms with E-state index in [2.05, 4.69) is 15.6 Å². The van der Waals surface area contributed by atoms with E-state index < -0.39 is 6.04 Å². The third kappa shape index (κ3) is 4.66. The number of aryl methyl sites for hydroxylation is 1. The summed E-state index contributed by atoms with van der Waals surface area (Å²) in [7, 11) is 0. The lowest BCUT2D eigenvalue weighted by Crippen LogP contribution is -2.46. The van der Waals surface area contributed by atoms with Crippen LogP contribution in [0.5, 0.6) is 0 Å². The Bertz CT molecular complexity index is 724. The van der Waals surface area contributed by atoms with Crippen LogP contribution in [0.2, 0.25) is 0 Å². The van der Waals surface area contributed by atoms with E-state index in [-0.39, 0.29) is 24.3 Å². The molecule has 0 bridgehead atoms. The molecule has 2 amide bonds. The van der Waals surface area contributed by atoms with Gasteiger partial charge >= 0.3 is 0 Å². The maximum atomic E-state index is 12.0. The fourth-order valence-corrected chi connectivity index (χ4v) is 2.01.